The molecule has 0 bridgehead atoms. The molecule has 0 amide bonds. The first kappa shape index (κ1) is 13.9. The molecule has 2 aromatic rings. The predicted octanol–water partition coefficient (Wildman–Crippen LogP) is 3.94. The Morgan fingerprint density at radius 1 is 1.11 bits per heavy atom. The molecule has 2 aromatic carbocycles. The highest BCUT2D eigenvalue weighted by Gasteiger charge is 2.07. The Kier molecular flexibility index (Phi) is 4.83. The van der Waals surface area contributed by atoms with Crippen molar-refractivity contribution in [3.05, 3.63) is 64.7 Å². The Morgan fingerprint density at radius 3 is 2.58 bits per heavy atom. The third-order valence-electron chi connectivity index (χ3n) is 3.20. The fraction of sp³-hybridized carbons (Fsp3) is 0.250. The summed E-state index contributed by atoms with van der Waals surface area (Å²) in [6, 6.07) is 15.8. The van der Waals surface area contributed by atoms with Gasteiger partial charge in [0.25, 0.3) is 0 Å². The van der Waals surface area contributed by atoms with E-state index in [9.17, 15) is 5.11 Å². The smallest absolute Gasteiger partial charge is 0.138 e. The maximum absolute atomic E-state index is 9.81. The van der Waals surface area contributed by atoms with Gasteiger partial charge in [0.05, 0.1) is 5.02 Å². The van der Waals surface area contributed by atoms with E-state index in [1.807, 2.05) is 18.2 Å². The average molecular weight is 276 g/mol. The zero-order valence-corrected chi connectivity index (χ0v) is 11.7. The maximum atomic E-state index is 9.81. The summed E-state index contributed by atoms with van der Waals surface area (Å²) in [5, 5.41) is 13.6. The van der Waals surface area contributed by atoms with E-state index < -0.39 is 0 Å². The number of phenolic OH excluding ortho intramolecular Hbond substituents is 1. The molecule has 100 valence electrons. The first-order chi connectivity index (χ1) is 9.18. The quantitative estimate of drug-likeness (QED) is 0.866. The fourth-order valence-electron chi connectivity index (χ4n) is 2.03. The van der Waals surface area contributed by atoms with Crippen molar-refractivity contribution in [2.75, 3.05) is 6.54 Å². The average Bonchev–Trinajstić information content (AvgIpc) is 2.44. The number of phenols is 1. The minimum Gasteiger partial charge on any atom is -0.506 e. The second-order valence-corrected chi connectivity index (χ2v) is 5.10. The Labute approximate surface area is 119 Å². The van der Waals surface area contributed by atoms with Gasteiger partial charge < -0.3 is 10.4 Å². The Hall–Kier alpha value is -1.51. The molecule has 2 nitrogen and oxygen atoms in total. The van der Waals surface area contributed by atoms with Gasteiger partial charge in [-0.15, -0.1) is 0 Å². The molecule has 3 heteroatoms. The first-order valence-corrected chi connectivity index (χ1v) is 6.78. The highest BCUT2D eigenvalue weighted by atomic mass is 35.5. The van der Waals surface area contributed by atoms with Crippen LogP contribution in [0.1, 0.15) is 24.0 Å². The lowest BCUT2D eigenvalue weighted by atomic mass is 10.0. The molecule has 0 heterocycles. The number of para-hydroxylation sites is 1. The van der Waals surface area contributed by atoms with Gasteiger partial charge in [-0.1, -0.05) is 61.0 Å². The Balaban J connectivity index is 1.88. The number of aromatic hydroxyl groups is 1. The van der Waals surface area contributed by atoms with Crippen molar-refractivity contribution in [3.8, 4) is 5.75 Å². The van der Waals surface area contributed by atoms with Gasteiger partial charge >= 0.3 is 0 Å². The molecule has 0 fully saturated rings. The Bertz CT molecular complexity index is 528. The third kappa shape index (κ3) is 3.72. The molecule has 2 rings (SSSR count). The number of benzene rings is 2. The van der Waals surface area contributed by atoms with Crippen LogP contribution in [-0.4, -0.2) is 11.7 Å². The van der Waals surface area contributed by atoms with Gasteiger partial charge in [0, 0.05) is 18.7 Å². The lowest BCUT2D eigenvalue weighted by molar-refractivity contribution is 0.463. The molecule has 0 saturated heterocycles. The minimum absolute atomic E-state index is 0.170. The van der Waals surface area contributed by atoms with E-state index in [-0.39, 0.29) is 5.75 Å². The summed E-state index contributed by atoms with van der Waals surface area (Å²) in [4.78, 5) is 0. The Morgan fingerprint density at radius 2 is 1.84 bits per heavy atom. The van der Waals surface area contributed by atoms with Crippen LogP contribution in [0.3, 0.4) is 0 Å². The summed E-state index contributed by atoms with van der Waals surface area (Å²) in [5.74, 6) is 0.603. The first-order valence-electron chi connectivity index (χ1n) is 6.40. The van der Waals surface area contributed by atoms with Crippen LogP contribution in [0.2, 0.25) is 5.02 Å². The molecule has 0 aliphatic carbocycles. The van der Waals surface area contributed by atoms with E-state index in [1.54, 1.807) is 6.07 Å². The number of rotatable bonds is 5. The van der Waals surface area contributed by atoms with Gasteiger partial charge in [-0.25, -0.2) is 0 Å². The molecule has 19 heavy (non-hydrogen) atoms. The van der Waals surface area contributed by atoms with Gasteiger partial charge in [-0.05, 0) is 17.5 Å². The van der Waals surface area contributed by atoms with E-state index in [2.05, 4.69) is 36.5 Å². The van der Waals surface area contributed by atoms with Crippen molar-refractivity contribution < 1.29 is 5.11 Å². The summed E-state index contributed by atoms with van der Waals surface area (Å²) >= 11 is 5.87. The highest BCUT2D eigenvalue weighted by molar-refractivity contribution is 6.32. The summed E-state index contributed by atoms with van der Waals surface area (Å²) in [7, 11) is 0. The van der Waals surface area contributed by atoms with Gasteiger partial charge in [0.2, 0.25) is 0 Å². The van der Waals surface area contributed by atoms with Crippen LogP contribution < -0.4 is 5.32 Å². The van der Waals surface area contributed by atoms with E-state index in [1.165, 1.54) is 5.56 Å². The van der Waals surface area contributed by atoms with Crippen LogP contribution in [0.5, 0.6) is 5.75 Å². The topological polar surface area (TPSA) is 32.3 Å². The summed E-state index contributed by atoms with van der Waals surface area (Å²) in [5.41, 5.74) is 2.14. The largest absolute Gasteiger partial charge is 0.506 e. The molecule has 0 saturated carbocycles. The van der Waals surface area contributed by atoms with Crippen LogP contribution >= 0.6 is 11.6 Å². The number of hydrogen-bond donors (Lipinski definition) is 2. The molecular formula is C16H18ClNO. The van der Waals surface area contributed by atoms with E-state index in [4.69, 9.17) is 11.6 Å². The summed E-state index contributed by atoms with van der Waals surface area (Å²) in [6.07, 6.45) is 0. The van der Waals surface area contributed by atoms with Gasteiger partial charge in [0.1, 0.15) is 5.75 Å². The third-order valence-corrected chi connectivity index (χ3v) is 3.51. The second-order valence-electron chi connectivity index (χ2n) is 4.69. The zero-order chi connectivity index (χ0) is 13.7. The second kappa shape index (κ2) is 6.60. The fourth-order valence-corrected chi connectivity index (χ4v) is 2.22. The molecule has 0 spiro atoms. The lowest BCUT2D eigenvalue weighted by Crippen LogP contribution is -2.19. The van der Waals surface area contributed by atoms with Gasteiger partial charge in [-0.3, -0.25) is 0 Å². The normalized spacial score (nSPS) is 12.3. The summed E-state index contributed by atoms with van der Waals surface area (Å²) in [6.45, 7) is 3.65. The number of nitrogens with one attached hydrogen (secondary N) is 1. The highest BCUT2D eigenvalue weighted by Crippen LogP contribution is 2.26. The molecule has 0 aliphatic rings. The zero-order valence-electron chi connectivity index (χ0n) is 10.9. The van der Waals surface area contributed by atoms with Gasteiger partial charge in [-0.2, -0.15) is 0 Å². The molecule has 0 aromatic heterocycles. The molecule has 0 radical (unpaired) electrons. The SMILES string of the molecule is CC(CNCc1cccc(Cl)c1O)c1ccccc1. The van der Waals surface area contributed by atoms with Crippen molar-refractivity contribution in [1.82, 2.24) is 5.32 Å². The van der Waals surface area contributed by atoms with Crippen LogP contribution in [0.4, 0.5) is 0 Å². The van der Waals surface area contributed by atoms with Crippen molar-refractivity contribution in [2.24, 2.45) is 0 Å². The van der Waals surface area contributed by atoms with Crippen molar-refractivity contribution in [2.45, 2.75) is 19.4 Å². The molecule has 1 atom stereocenters. The maximum Gasteiger partial charge on any atom is 0.138 e. The molecule has 2 N–H and O–H groups in total. The van der Waals surface area contributed by atoms with Crippen LogP contribution in [-0.2, 0) is 6.54 Å². The van der Waals surface area contributed by atoms with E-state index in [0.29, 0.717) is 17.5 Å². The van der Waals surface area contributed by atoms with E-state index >= 15 is 0 Å². The van der Waals surface area contributed by atoms with Crippen molar-refractivity contribution in [1.29, 1.82) is 0 Å². The monoisotopic (exact) mass is 275 g/mol. The lowest BCUT2D eigenvalue weighted by Gasteiger charge is -2.13. The minimum atomic E-state index is 0.170. The predicted molar refractivity (Wildman–Crippen MR) is 79.7 cm³/mol. The molecule has 0 aliphatic heterocycles. The van der Waals surface area contributed by atoms with Gasteiger partial charge in [0.15, 0.2) is 0 Å². The standard InChI is InChI=1S/C16H18ClNO/c1-12(13-6-3-2-4-7-13)10-18-11-14-8-5-9-15(17)16(14)19/h2-9,12,18-19H,10-11H2,1H3. The van der Waals surface area contributed by atoms with Crippen molar-refractivity contribution >= 4 is 11.6 Å². The van der Waals surface area contributed by atoms with E-state index in [0.717, 1.165) is 12.1 Å². The van der Waals surface area contributed by atoms with Crippen LogP contribution in [0.15, 0.2) is 48.5 Å². The van der Waals surface area contributed by atoms with Crippen LogP contribution in [0, 0.1) is 0 Å². The number of halogens is 1. The van der Waals surface area contributed by atoms with Crippen molar-refractivity contribution in [3.63, 3.8) is 0 Å². The summed E-state index contributed by atoms with van der Waals surface area (Å²) < 4.78 is 0. The number of hydrogen-bond acceptors (Lipinski definition) is 2. The van der Waals surface area contributed by atoms with Crippen LogP contribution in [0.25, 0.3) is 0 Å². The molecular weight excluding hydrogens is 258 g/mol. The molecule has 1 unspecified atom stereocenters.